The van der Waals surface area contributed by atoms with Gasteiger partial charge in [0.15, 0.2) is 0 Å². The van der Waals surface area contributed by atoms with Gasteiger partial charge in [0.05, 0.1) is 25.2 Å². The highest BCUT2D eigenvalue weighted by atomic mass is 19.4. The maximum atomic E-state index is 17.9. The number of benzene rings is 2. The summed E-state index contributed by atoms with van der Waals surface area (Å²) in [7, 11) is 3.07. The molecule has 0 aromatic heterocycles. The number of carboxylic acids is 1. The maximum Gasteiger partial charge on any atom is 0.416 e. The first-order valence-corrected chi connectivity index (χ1v) is 18.0. The summed E-state index contributed by atoms with van der Waals surface area (Å²) in [4.78, 5) is 45.4. The van der Waals surface area contributed by atoms with Gasteiger partial charge in [-0.3, -0.25) is 19.3 Å². The van der Waals surface area contributed by atoms with Crippen molar-refractivity contribution in [2.75, 3.05) is 78.1 Å². The van der Waals surface area contributed by atoms with Gasteiger partial charge in [-0.2, -0.15) is 13.2 Å². The van der Waals surface area contributed by atoms with E-state index in [1.807, 2.05) is 4.90 Å². The number of likely N-dealkylation sites (tertiary alicyclic amines) is 3. The molecule has 4 saturated heterocycles. The molecule has 284 valence electrons. The Morgan fingerprint density at radius 2 is 1.58 bits per heavy atom. The van der Waals surface area contributed by atoms with Gasteiger partial charge in [0.2, 0.25) is 11.6 Å². The molecule has 14 heteroatoms. The van der Waals surface area contributed by atoms with Gasteiger partial charge in [-0.15, -0.1) is 0 Å². The molecule has 6 rings (SSSR count). The number of alkyl halides is 4. The van der Waals surface area contributed by atoms with Crippen molar-refractivity contribution < 1.29 is 46.5 Å². The second-order valence-electron chi connectivity index (χ2n) is 14.8. The topological polar surface area (TPSA) is 103 Å². The predicted molar refractivity (Wildman–Crippen MR) is 185 cm³/mol. The molecule has 0 aliphatic carbocycles. The zero-order valence-electron chi connectivity index (χ0n) is 29.9. The van der Waals surface area contributed by atoms with Gasteiger partial charge >= 0.3 is 12.1 Å². The lowest BCUT2D eigenvalue weighted by Gasteiger charge is -2.36. The lowest BCUT2D eigenvalue weighted by atomic mass is 9.85. The fraction of sp³-hybridized carbons (Fsp3) is 0.605. The molecule has 0 radical (unpaired) electrons. The van der Waals surface area contributed by atoms with E-state index in [0.29, 0.717) is 67.9 Å². The van der Waals surface area contributed by atoms with E-state index in [9.17, 15) is 32.7 Å². The number of anilines is 1. The number of amides is 2. The van der Waals surface area contributed by atoms with Gasteiger partial charge in [0.25, 0.3) is 5.91 Å². The number of aliphatic carboxylic acids is 1. The maximum absolute atomic E-state index is 17.9. The van der Waals surface area contributed by atoms with Crippen molar-refractivity contribution in [2.24, 2.45) is 11.8 Å². The Kier molecular flexibility index (Phi) is 11.1. The van der Waals surface area contributed by atoms with Crippen LogP contribution in [0.4, 0.5) is 23.2 Å². The molecule has 2 amide bonds. The molecule has 4 aliphatic heterocycles. The Morgan fingerprint density at radius 1 is 0.904 bits per heavy atom. The first-order chi connectivity index (χ1) is 24.7. The van der Waals surface area contributed by atoms with Crippen LogP contribution >= 0.6 is 0 Å². The van der Waals surface area contributed by atoms with E-state index >= 15 is 4.39 Å². The fourth-order valence-electron chi connectivity index (χ4n) is 8.81. The number of carbonyl (C=O) groups excluding carboxylic acids is 2. The number of ether oxygens (including phenoxy) is 2. The number of hydrogen-bond acceptors (Lipinski definition) is 7. The van der Waals surface area contributed by atoms with Gasteiger partial charge in [0, 0.05) is 95.9 Å². The van der Waals surface area contributed by atoms with Crippen molar-refractivity contribution in [1.82, 2.24) is 14.7 Å². The Hall–Kier alpha value is -3.91. The van der Waals surface area contributed by atoms with E-state index in [-0.39, 0.29) is 57.2 Å². The summed E-state index contributed by atoms with van der Waals surface area (Å²) in [6, 6.07) is 10.7. The first kappa shape index (κ1) is 37.8. The quantitative estimate of drug-likeness (QED) is 0.359. The van der Waals surface area contributed by atoms with Crippen molar-refractivity contribution in [2.45, 2.75) is 62.3 Å². The summed E-state index contributed by atoms with van der Waals surface area (Å²) < 4.78 is 70.7. The van der Waals surface area contributed by atoms with E-state index in [4.69, 9.17) is 9.47 Å². The third kappa shape index (κ3) is 7.59. The van der Waals surface area contributed by atoms with Crippen molar-refractivity contribution in [3.05, 3.63) is 59.2 Å². The number of hydrogen-bond donors (Lipinski definition) is 1. The molecular weight excluding hydrogens is 684 g/mol. The zero-order chi connectivity index (χ0) is 37.4. The minimum atomic E-state index is -4.59. The largest absolute Gasteiger partial charge is 0.497 e. The molecule has 4 heterocycles. The van der Waals surface area contributed by atoms with Gasteiger partial charge in [-0.05, 0) is 61.1 Å². The monoisotopic (exact) mass is 732 g/mol. The van der Waals surface area contributed by atoms with Crippen molar-refractivity contribution in [1.29, 1.82) is 0 Å². The molecule has 0 unspecified atom stereocenters. The molecule has 0 spiro atoms. The second kappa shape index (κ2) is 15.2. The van der Waals surface area contributed by atoms with Crippen LogP contribution in [0.3, 0.4) is 0 Å². The van der Waals surface area contributed by atoms with Crippen LogP contribution in [0.5, 0.6) is 5.75 Å². The number of rotatable bonds is 9. The molecule has 10 nitrogen and oxygen atoms in total. The van der Waals surface area contributed by atoms with E-state index in [0.717, 1.165) is 12.1 Å². The van der Waals surface area contributed by atoms with E-state index < -0.39 is 47.0 Å². The van der Waals surface area contributed by atoms with E-state index in [2.05, 4.69) is 0 Å². The Morgan fingerprint density at radius 3 is 2.15 bits per heavy atom. The molecule has 0 saturated carbocycles. The van der Waals surface area contributed by atoms with E-state index in [1.54, 1.807) is 41.2 Å². The number of halogens is 4. The van der Waals surface area contributed by atoms with Crippen LogP contribution in [-0.2, 0) is 25.3 Å². The van der Waals surface area contributed by atoms with Gasteiger partial charge in [-0.25, -0.2) is 4.39 Å². The van der Waals surface area contributed by atoms with Gasteiger partial charge in [0.1, 0.15) is 5.75 Å². The molecule has 4 fully saturated rings. The summed E-state index contributed by atoms with van der Waals surface area (Å²) in [5.74, 6) is -3.10. The summed E-state index contributed by atoms with van der Waals surface area (Å²) in [5, 5.41) is 9.52. The van der Waals surface area contributed by atoms with Crippen LogP contribution < -0.4 is 9.64 Å². The minimum absolute atomic E-state index is 0.00106. The smallest absolute Gasteiger partial charge is 0.416 e. The average Bonchev–Trinajstić information content (AvgIpc) is 3.72. The molecular formula is C38H48F4N4O6. The fourth-order valence-corrected chi connectivity index (χ4v) is 8.81. The van der Waals surface area contributed by atoms with Crippen LogP contribution in [0, 0.1) is 11.8 Å². The second-order valence-corrected chi connectivity index (χ2v) is 14.8. The highest BCUT2D eigenvalue weighted by molar-refractivity contribution is 5.88. The molecule has 1 N–H and O–H groups in total. The lowest BCUT2D eigenvalue weighted by Crippen LogP contribution is -2.51. The van der Waals surface area contributed by atoms with Crippen LogP contribution in [0.2, 0.25) is 0 Å². The van der Waals surface area contributed by atoms with E-state index in [1.165, 1.54) is 25.0 Å². The third-order valence-electron chi connectivity index (χ3n) is 11.8. The number of piperidine rings is 2. The first-order valence-electron chi connectivity index (χ1n) is 18.0. The standard InChI is InChI=1S/C38H48F4N4O6/c1-24(47)43-16-12-29(13-17-43)46-21-33(25-4-7-30(52-3)8-5-25)37(39,23-46)36(50)45-19-27(22-51-2)32(20-45)31-9-6-28(38(40,41)42)18-34(31)44-14-10-26(11-15-44)35(48)49/h4-9,18,26-27,29,32-33H,10-17,19-23H2,1-3H3,(H,48,49)/t27-,32+,33+,37+/m1/s1. The third-order valence-corrected chi connectivity index (χ3v) is 11.8. The number of carboxylic acid groups (broad SMARTS) is 1. The Bertz CT molecular complexity index is 1610. The van der Waals surface area contributed by atoms with Crippen molar-refractivity contribution in [3.63, 3.8) is 0 Å². The highest BCUT2D eigenvalue weighted by Crippen LogP contribution is 2.46. The molecule has 0 bridgehead atoms. The number of carbonyl (C=O) groups is 3. The predicted octanol–water partition coefficient (Wildman–Crippen LogP) is 5.02. The summed E-state index contributed by atoms with van der Waals surface area (Å²) >= 11 is 0. The highest BCUT2D eigenvalue weighted by Gasteiger charge is 2.57. The minimum Gasteiger partial charge on any atom is -0.497 e. The molecule has 52 heavy (non-hydrogen) atoms. The number of nitrogens with zero attached hydrogens (tertiary/aromatic N) is 4. The molecule has 2 aromatic carbocycles. The SMILES string of the molecule is COC[C@H]1CN(C(=O)[C@]2(F)CN(C3CCN(C(C)=O)CC3)C[C@H]2c2ccc(OC)cc2)C[C@@H]1c1ccc(C(F)(F)F)cc1N1CCC(C(=O)O)CC1. The normalized spacial score (nSPS) is 26.6. The Labute approximate surface area is 301 Å². The number of methoxy groups -OCH3 is 2. The van der Waals surface area contributed by atoms with Gasteiger partial charge in [-0.1, -0.05) is 18.2 Å². The van der Waals surface area contributed by atoms with Crippen LogP contribution in [0.1, 0.15) is 61.1 Å². The molecule has 2 aromatic rings. The lowest BCUT2D eigenvalue weighted by molar-refractivity contribution is -0.143. The summed E-state index contributed by atoms with van der Waals surface area (Å²) in [6.45, 7) is 3.86. The van der Waals surface area contributed by atoms with Crippen molar-refractivity contribution >= 4 is 23.5 Å². The van der Waals surface area contributed by atoms with Crippen LogP contribution in [-0.4, -0.2) is 122 Å². The average molecular weight is 733 g/mol. The van der Waals surface area contributed by atoms with Crippen LogP contribution in [0.15, 0.2) is 42.5 Å². The van der Waals surface area contributed by atoms with Crippen molar-refractivity contribution in [3.8, 4) is 5.75 Å². The summed E-state index contributed by atoms with van der Waals surface area (Å²) in [6.07, 6.45) is -2.67. The van der Waals surface area contributed by atoms with Crippen LogP contribution in [0.25, 0.3) is 0 Å². The Balaban J connectivity index is 1.30. The summed E-state index contributed by atoms with van der Waals surface area (Å²) in [5.41, 5.74) is -1.48. The molecule has 4 atom stereocenters. The van der Waals surface area contributed by atoms with Gasteiger partial charge < -0.3 is 29.3 Å². The zero-order valence-corrected chi connectivity index (χ0v) is 29.9. The molecule has 4 aliphatic rings.